The van der Waals surface area contributed by atoms with Crippen LogP contribution in [-0.2, 0) is 0 Å². The predicted molar refractivity (Wildman–Crippen MR) is 61.1 cm³/mol. The van der Waals surface area contributed by atoms with E-state index in [2.05, 4.69) is 23.8 Å². The van der Waals surface area contributed by atoms with Crippen molar-refractivity contribution < 1.29 is 0 Å². The van der Waals surface area contributed by atoms with Crippen LogP contribution in [0.25, 0.3) is 0 Å². The summed E-state index contributed by atoms with van der Waals surface area (Å²) in [4.78, 5) is 8.17. The summed E-state index contributed by atoms with van der Waals surface area (Å²) >= 11 is 1.87. The first-order valence-electron chi connectivity index (χ1n) is 4.79. The van der Waals surface area contributed by atoms with Crippen molar-refractivity contribution in [1.29, 1.82) is 0 Å². The molecule has 0 spiro atoms. The quantitative estimate of drug-likeness (QED) is 0.807. The first-order chi connectivity index (χ1) is 6.70. The fraction of sp³-hybridized carbons (Fsp3) is 0.600. The number of thioether (sulfide) groups is 1. The molecule has 1 unspecified atom stereocenters. The summed E-state index contributed by atoms with van der Waals surface area (Å²) in [6, 6.07) is 0.00690. The molecule has 1 aromatic heterocycles. The van der Waals surface area contributed by atoms with Crippen molar-refractivity contribution in [2.24, 2.45) is 11.7 Å². The van der Waals surface area contributed by atoms with E-state index in [1.165, 1.54) is 0 Å². The first-order valence-corrected chi connectivity index (χ1v) is 5.95. The fourth-order valence-electron chi connectivity index (χ4n) is 1.02. The van der Waals surface area contributed by atoms with Crippen LogP contribution >= 0.6 is 11.8 Å². The van der Waals surface area contributed by atoms with Gasteiger partial charge in [-0.2, -0.15) is 11.8 Å². The summed E-state index contributed by atoms with van der Waals surface area (Å²) < 4.78 is 0. The van der Waals surface area contributed by atoms with Gasteiger partial charge < -0.3 is 5.73 Å². The highest BCUT2D eigenvalue weighted by molar-refractivity contribution is 7.99. The molecule has 0 saturated heterocycles. The molecule has 4 heteroatoms. The lowest BCUT2D eigenvalue weighted by atomic mass is 10.3. The van der Waals surface area contributed by atoms with Gasteiger partial charge in [0.05, 0.1) is 11.7 Å². The van der Waals surface area contributed by atoms with Crippen molar-refractivity contribution in [2.75, 3.05) is 11.5 Å². The van der Waals surface area contributed by atoms with Crippen molar-refractivity contribution in [1.82, 2.24) is 9.97 Å². The van der Waals surface area contributed by atoms with Crippen LogP contribution in [0.3, 0.4) is 0 Å². The molecule has 1 rings (SSSR count). The van der Waals surface area contributed by atoms with E-state index in [0.717, 1.165) is 17.2 Å². The minimum Gasteiger partial charge on any atom is -0.322 e. The molecule has 1 atom stereocenters. The minimum atomic E-state index is 0.00690. The van der Waals surface area contributed by atoms with Crippen LogP contribution < -0.4 is 5.73 Å². The van der Waals surface area contributed by atoms with Crippen LogP contribution in [0.4, 0.5) is 0 Å². The van der Waals surface area contributed by atoms with Crippen molar-refractivity contribution in [3.8, 4) is 0 Å². The van der Waals surface area contributed by atoms with E-state index in [-0.39, 0.29) is 6.04 Å². The van der Waals surface area contributed by atoms with E-state index in [4.69, 9.17) is 5.73 Å². The van der Waals surface area contributed by atoms with Gasteiger partial charge in [0, 0.05) is 24.3 Å². The second-order valence-electron chi connectivity index (χ2n) is 3.67. The average molecular weight is 211 g/mol. The number of nitrogens with two attached hydrogens (primary N) is 1. The molecular formula is C10H17N3S. The third-order valence-corrected chi connectivity index (χ3v) is 3.21. The second kappa shape index (κ2) is 5.98. The molecule has 0 aliphatic rings. The Morgan fingerprint density at radius 3 is 2.71 bits per heavy atom. The molecule has 3 nitrogen and oxygen atoms in total. The molecule has 0 bridgehead atoms. The van der Waals surface area contributed by atoms with Crippen molar-refractivity contribution in [3.63, 3.8) is 0 Å². The normalized spacial score (nSPS) is 13.1. The molecule has 0 radical (unpaired) electrons. The molecule has 0 aromatic carbocycles. The first kappa shape index (κ1) is 11.5. The SMILES string of the molecule is CC(C)CSCC(N)c1cnccn1. The van der Waals surface area contributed by atoms with E-state index in [1.54, 1.807) is 18.6 Å². The van der Waals surface area contributed by atoms with Crippen molar-refractivity contribution in [2.45, 2.75) is 19.9 Å². The standard InChI is InChI=1S/C10H17N3S/c1-8(2)6-14-7-9(11)10-5-12-3-4-13-10/h3-5,8-9H,6-7,11H2,1-2H3. The van der Waals surface area contributed by atoms with Gasteiger partial charge in [-0.05, 0) is 11.7 Å². The number of hydrogen-bond acceptors (Lipinski definition) is 4. The van der Waals surface area contributed by atoms with Gasteiger partial charge in [-0.1, -0.05) is 13.8 Å². The highest BCUT2D eigenvalue weighted by atomic mass is 32.2. The predicted octanol–water partition coefficient (Wildman–Crippen LogP) is 1.87. The molecule has 2 N–H and O–H groups in total. The fourth-order valence-corrected chi connectivity index (χ4v) is 2.05. The third kappa shape index (κ3) is 4.07. The Bertz CT molecular complexity index is 251. The largest absolute Gasteiger partial charge is 0.322 e. The summed E-state index contributed by atoms with van der Waals surface area (Å²) in [5.41, 5.74) is 6.84. The molecular weight excluding hydrogens is 194 g/mol. The number of nitrogens with zero attached hydrogens (tertiary/aromatic N) is 2. The maximum atomic E-state index is 5.96. The summed E-state index contributed by atoms with van der Waals surface area (Å²) in [5, 5.41) is 0. The lowest BCUT2D eigenvalue weighted by Gasteiger charge is -2.10. The van der Waals surface area contributed by atoms with E-state index in [0.29, 0.717) is 5.92 Å². The van der Waals surface area contributed by atoms with Crippen LogP contribution in [0.15, 0.2) is 18.6 Å². The van der Waals surface area contributed by atoms with Gasteiger partial charge in [0.2, 0.25) is 0 Å². The zero-order valence-corrected chi connectivity index (χ0v) is 9.50. The van der Waals surface area contributed by atoms with Gasteiger partial charge in [0.25, 0.3) is 0 Å². The molecule has 0 saturated carbocycles. The van der Waals surface area contributed by atoms with Crippen LogP contribution in [0.5, 0.6) is 0 Å². The van der Waals surface area contributed by atoms with Gasteiger partial charge in [-0.25, -0.2) is 0 Å². The Morgan fingerprint density at radius 1 is 1.36 bits per heavy atom. The van der Waals surface area contributed by atoms with E-state index in [1.807, 2.05) is 11.8 Å². The van der Waals surface area contributed by atoms with Gasteiger partial charge in [-0.15, -0.1) is 0 Å². The number of aromatic nitrogens is 2. The van der Waals surface area contributed by atoms with E-state index in [9.17, 15) is 0 Å². The smallest absolute Gasteiger partial charge is 0.0762 e. The third-order valence-electron chi connectivity index (χ3n) is 1.71. The Labute approximate surface area is 89.5 Å². The molecule has 0 amide bonds. The Morgan fingerprint density at radius 2 is 2.14 bits per heavy atom. The topological polar surface area (TPSA) is 51.8 Å². The van der Waals surface area contributed by atoms with Gasteiger partial charge in [0.1, 0.15) is 0 Å². The molecule has 1 heterocycles. The lowest BCUT2D eigenvalue weighted by Crippen LogP contribution is -2.15. The van der Waals surface area contributed by atoms with E-state index < -0.39 is 0 Å². The van der Waals surface area contributed by atoms with Crippen LogP contribution in [0.1, 0.15) is 25.6 Å². The summed E-state index contributed by atoms with van der Waals surface area (Å²) in [6.45, 7) is 4.42. The summed E-state index contributed by atoms with van der Waals surface area (Å²) in [6.07, 6.45) is 5.08. The minimum absolute atomic E-state index is 0.00690. The molecule has 0 aliphatic heterocycles. The zero-order chi connectivity index (χ0) is 10.4. The maximum Gasteiger partial charge on any atom is 0.0762 e. The number of hydrogen-bond donors (Lipinski definition) is 1. The highest BCUT2D eigenvalue weighted by Crippen LogP contribution is 2.15. The lowest BCUT2D eigenvalue weighted by molar-refractivity contribution is 0.742. The van der Waals surface area contributed by atoms with Gasteiger partial charge in [-0.3, -0.25) is 9.97 Å². The van der Waals surface area contributed by atoms with Crippen LogP contribution in [0.2, 0.25) is 0 Å². The van der Waals surface area contributed by atoms with Crippen LogP contribution in [-0.4, -0.2) is 21.5 Å². The second-order valence-corrected chi connectivity index (χ2v) is 4.74. The van der Waals surface area contributed by atoms with E-state index >= 15 is 0 Å². The van der Waals surface area contributed by atoms with Crippen LogP contribution in [0, 0.1) is 5.92 Å². The Kier molecular flexibility index (Phi) is 4.90. The van der Waals surface area contributed by atoms with Gasteiger partial charge in [0.15, 0.2) is 0 Å². The number of rotatable bonds is 5. The van der Waals surface area contributed by atoms with Gasteiger partial charge >= 0.3 is 0 Å². The summed E-state index contributed by atoms with van der Waals surface area (Å²) in [7, 11) is 0. The Balaban J connectivity index is 2.32. The summed E-state index contributed by atoms with van der Waals surface area (Å²) in [5.74, 6) is 2.78. The molecule has 0 fully saturated rings. The Hall–Kier alpha value is -0.610. The highest BCUT2D eigenvalue weighted by Gasteiger charge is 2.07. The molecule has 14 heavy (non-hydrogen) atoms. The molecule has 78 valence electrons. The van der Waals surface area contributed by atoms with Crippen molar-refractivity contribution in [3.05, 3.63) is 24.3 Å². The monoisotopic (exact) mass is 211 g/mol. The molecule has 1 aromatic rings. The molecule has 0 aliphatic carbocycles. The van der Waals surface area contributed by atoms with Crippen molar-refractivity contribution >= 4 is 11.8 Å². The maximum absolute atomic E-state index is 5.96. The zero-order valence-electron chi connectivity index (χ0n) is 8.68. The average Bonchev–Trinajstić information content (AvgIpc) is 2.18.